The van der Waals surface area contributed by atoms with E-state index in [4.69, 9.17) is 31.7 Å². The van der Waals surface area contributed by atoms with Crippen LogP contribution in [0.4, 0.5) is 0 Å². The molecule has 0 fully saturated rings. The summed E-state index contributed by atoms with van der Waals surface area (Å²) < 4.78 is 87.3. The number of furan rings is 1. The number of fused-ring (bicyclic) bond motifs is 6. The van der Waals surface area contributed by atoms with E-state index in [1.165, 1.54) is 18.2 Å². The lowest BCUT2D eigenvalue weighted by molar-refractivity contribution is 0.670. The summed E-state index contributed by atoms with van der Waals surface area (Å²) in [6, 6.07) is 32.2. The molecule has 0 radical (unpaired) electrons. The largest absolute Gasteiger partial charge is 0.455 e. The van der Waals surface area contributed by atoms with Gasteiger partial charge in [-0.25, -0.2) is 15.0 Å². The van der Waals surface area contributed by atoms with Gasteiger partial charge in [-0.3, -0.25) is 0 Å². The van der Waals surface area contributed by atoms with Crippen LogP contribution in [0.25, 0.3) is 94.7 Å². The van der Waals surface area contributed by atoms with Gasteiger partial charge in [0.1, 0.15) is 11.2 Å². The van der Waals surface area contributed by atoms with Gasteiger partial charge in [0.2, 0.25) is 0 Å². The molecule has 0 aliphatic carbocycles. The van der Waals surface area contributed by atoms with E-state index in [0.29, 0.717) is 61.5 Å². The molecule has 50 heavy (non-hydrogen) atoms. The first-order chi connectivity index (χ1) is 28.5. The molecule has 234 valence electrons. The Balaban J connectivity index is 1.36. The second kappa shape index (κ2) is 11.4. The van der Waals surface area contributed by atoms with Crippen molar-refractivity contribution in [2.24, 2.45) is 0 Å². The van der Waals surface area contributed by atoms with Crippen molar-refractivity contribution in [1.82, 2.24) is 19.5 Å². The number of nitrogens with zero attached hydrogens (tertiary/aromatic N) is 4. The number of hydrogen-bond donors (Lipinski definition) is 0. The lowest BCUT2D eigenvalue weighted by Gasteiger charge is -2.16. The minimum absolute atomic E-state index is 0.0437. The van der Waals surface area contributed by atoms with Crippen LogP contribution in [0.3, 0.4) is 0 Å². The number of para-hydroxylation sites is 4. The van der Waals surface area contributed by atoms with Crippen LogP contribution in [0.1, 0.15) is 12.3 Å². The van der Waals surface area contributed by atoms with E-state index in [0.717, 1.165) is 0 Å². The maximum absolute atomic E-state index is 9.17. The summed E-state index contributed by atoms with van der Waals surface area (Å²) in [5.74, 6) is 0.930. The quantitative estimate of drug-likeness (QED) is 0.186. The van der Waals surface area contributed by atoms with Gasteiger partial charge in [-0.2, -0.15) is 0 Å². The number of benzene rings is 7. The fourth-order valence-electron chi connectivity index (χ4n) is 6.53. The van der Waals surface area contributed by atoms with E-state index < -0.39 is 0 Å². The highest BCUT2D eigenvalue weighted by Gasteiger charge is 2.21. The normalized spacial score (nSPS) is 14.1. The molecule has 0 saturated heterocycles. The fourth-order valence-corrected chi connectivity index (χ4v) is 6.53. The second-order valence-electron chi connectivity index (χ2n) is 11.7. The molecule has 7 aromatic carbocycles. The zero-order valence-electron chi connectivity index (χ0n) is 35.2. The van der Waals surface area contributed by atoms with Crippen molar-refractivity contribution in [3.05, 3.63) is 170 Å². The predicted molar refractivity (Wildman–Crippen MR) is 203 cm³/mol. The van der Waals surface area contributed by atoms with Crippen molar-refractivity contribution in [3.8, 4) is 51.0 Å². The Morgan fingerprint density at radius 3 is 1.78 bits per heavy atom. The molecule has 0 unspecified atom stereocenters. The van der Waals surface area contributed by atoms with Crippen LogP contribution in [-0.4, -0.2) is 19.5 Å². The van der Waals surface area contributed by atoms with Crippen molar-refractivity contribution in [1.29, 1.82) is 0 Å². The molecule has 10 rings (SSSR count). The van der Waals surface area contributed by atoms with Crippen molar-refractivity contribution < 1.29 is 16.8 Å². The monoisotopic (exact) mass is 649 g/mol. The van der Waals surface area contributed by atoms with Crippen LogP contribution >= 0.6 is 0 Å². The Hall–Kier alpha value is -6.85. The third-order valence-electron chi connectivity index (χ3n) is 8.80. The molecule has 0 bridgehead atoms. The minimum Gasteiger partial charge on any atom is -0.455 e. The van der Waals surface area contributed by atoms with Crippen LogP contribution in [0.5, 0.6) is 0 Å². The summed E-state index contributed by atoms with van der Waals surface area (Å²) >= 11 is 0. The van der Waals surface area contributed by atoms with E-state index in [2.05, 4.69) is 0 Å². The third-order valence-corrected chi connectivity index (χ3v) is 8.80. The van der Waals surface area contributed by atoms with Crippen LogP contribution < -0.4 is 0 Å². The summed E-state index contributed by atoms with van der Waals surface area (Å²) in [4.78, 5) is 14.9. The highest BCUT2D eigenvalue weighted by atomic mass is 16.3. The molecule has 0 spiro atoms. The van der Waals surface area contributed by atoms with Crippen LogP contribution in [-0.2, 0) is 0 Å². The molecule has 5 nitrogen and oxygen atoms in total. The molecule has 0 atom stereocenters. The van der Waals surface area contributed by atoms with Crippen LogP contribution in [0, 0.1) is 0 Å². The molecular weight excluding hydrogens is 613 g/mol. The molecule has 0 amide bonds. The first-order valence-electron chi connectivity index (χ1n) is 20.5. The minimum atomic E-state index is -0.241. The molecule has 0 saturated carbocycles. The van der Waals surface area contributed by atoms with Gasteiger partial charge < -0.3 is 8.98 Å². The molecule has 0 aliphatic heterocycles. The average molecular weight is 650 g/mol. The van der Waals surface area contributed by atoms with E-state index in [-0.39, 0.29) is 87.6 Å². The molecule has 0 N–H and O–H groups in total. The van der Waals surface area contributed by atoms with Gasteiger partial charge in [-0.15, -0.1) is 0 Å². The van der Waals surface area contributed by atoms with Crippen molar-refractivity contribution in [2.45, 2.75) is 0 Å². The summed E-state index contributed by atoms with van der Waals surface area (Å²) in [6.07, 6.45) is 0. The van der Waals surface area contributed by atoms with Crippen LogP contribution in [0.2, 0.25) is 0 Å². The second-order valence-corrected chi connectivity index (χ2v) is 11.7. The van der Waals surface area contributed by atoms with Gasteiger partial charge in [0.05, 0.1) is 29.1 Å². The summed E-state index contributed by atoms with van der Waals surface area (Å²) in [7, 11) is 0. The third kappa shape index (κ3) is 4.52. The fraction of sp³-hybridized carbons (Fsp3) is 0. The topological polar surface area (TPSA) is 56.7 Å². The van der Waals surface area contributed by atoms with Gasteiger partial charge in [0.15, 0.2) is 17.5 Å². The molecule has 10 aromatic rings. The van der Waals surface area contributed by atoms with Gasteiger partial charge in [-0.1, -0.05) is 139 Å². The SMILES string of the molecule is [2H]c1cc([2H])c2oc3c(-c4ccc(-n5c6c([2H])cc([2H])c([2H])c6c6c([2H])c([2H])cc([2H])c65)c(-c5nc(-c6ccccc6)nc(-c6ccccc6)n5)c4)c([2H])ccc3c2c1. The maximum Gasteiger partial charge on any atom is 0.166 e. The van der Waals surface area contributed by atoms with Gasteiger partial charge in [0, 0.05) is 43.8 Å². The molecular formula is C45H28N4O. The number of hydrogen-bond acceptors (Lipinski definition) is 4. The smallest absolute Gasteiger partial charge is 0.166 e. The highest BCUT2D eigenvalue weighted by molar-refractivity contribution is 6.11. The summed E-state index contributed by atoms with van der Waals surface area (Å²) in [6.45, 7) is 0. The van der Waals surface area contributed by atoms with Gasteiger partial charge in [0.25, 0.3) is 0 Å². The highest BCUT2D eigenvalue weighted by Crippen LogP contribution is 2.41. The van der Waals surface area contributed by atoms with E-state index in [1.807, 2.05) is 60.7 Å². The van der Waals surface area contributed by atoms with Crippen molar-refractivity contribution >= 4 is 43.7 Å². The van der Waals surface area contributed by atoms with E-state index in [9.17, 15) is 0 Å². The first kappa shape index (κ1) is 20.5. The Labute approximate surface area is 300 Å². The Morgan fingerprint density at radius 1 is 0.460 bits per heavy atom. The zero-order chi connectivity index (χ0) is 40.9. The van der Waals surface area contributed by atoms with Gasteiger partial charge >= 0.3 is 0 Å². The van der Waals surface area contributed by atoms with Crippen molar-refractivity contribution in [3.63, 3.8) is 0 Å². The first-order valence-corrected chi connectivity index (χ1v) is 16.0. The van der Waals surface area contributed by atoms with E-state index >= 15 is 0 Å². The predicted octanol–water partition coefficient (Wildman–Crippen LogP) is 11.5. The standard InChI is InChI=1S/C45H28N4O/c1-3-14-29(15-4-1)43-46-44(30-16-5-2-6-17-30)48-45(47-43)37-28-31(32-21-13-22-36-35-20-9-12-25-41(35)50-42(32)36)26-27-40(37)49-38-23-10-7-18-33(38)34-19-8-11-24-39(34)49/h1-28H/i7D,8D,9D,18D,19D,21D,23D,24D,25D. The van der Waals surface area contributed by atoms with Gasteiger partial charge in [-0.05, 0) is 35.8 Å². The average Bonchev–Trinajstić information content (AvgIpc) is 3.80. The Kier molecular flexibility index (Phi) is 4.67. The molecule has 0 aliphatic rings. The molecule has 3 heterocycles. The summed E-state index contributed by atoms with van der Waals surface area (Å²) in [5.41, 5.74) is 4.06. The lowest BCUT2D eigenvalue weighted by atomic mass is 9.98. The molecule has 3 aromatic heterocycles. The van der Waals surface area contributed by atoms with Crippen LogP contribution in [0.15, 0.2) is 174 Å². The maximum atomic E-state index is 9.17. The Morgan fingerprint density at radius 2 is 1.10 bits per heavy atom. The number of aromatic nitrogens is 4. The zero-order valence-corrected chi connectivity index (χ0v) is 26.2. The summed E-state index contributed by atoms with van der Waals surface area (Å²) in [5, 5.41) is 1.40. The molecule has 5 heteroatoms. The van der Waals surface area contributed by atoms with Crippen molar-refractivity contribution in [2.75, 3.05) is 0 Å². The lowest BCUT2D eigenvalue weighted by Crippen LogP contribution is -2.04. The Bertz CT molecular complexity index is 3260. The van der Waals surface area contributed by atoms with E-state index in [1.54, 1.807) is 41.0 Å². The number of rotatable bonds is 5.